The Bertz CT molecular complexity index is 944. The second-order valence-corrected chi connectivity index (χ2v) is 5.02. The molecule has 0 atom stereocenters. The Balaban J connectivity index is 2.43. The molecule has 0 spiro atoms. The number of halogens is 1. The predicted octanol–water partition coefficient (Wildman–Crippen LogP) is 1.82. The van der Waals surface area contributed by atoms with Gasteiger partial charge in [0.1, 0.15) is 0 Å². The summed E-state index contributed by atoms with van der Waals surface area (Å²) in [5.41, 5.74) is 0.633. The van der Waals surface area contributed by atoms with Crippen molar-refractivity contribution in [1.29, 1.82) is 0 Å². The molecular weight excluding hydrogens is 292 g/mol. The zero-order valence-electron chi connectivity index (χ0n) is 10.8. The number of aliphatic hydroxyl groups is 1. The van der Waals surface area contributed by atoms with E-state index in [1.807, 2.05) is 0 Å². The first-order valence-corrected chi connectivity index (χ1v) is 6.63. The normalized spacial score (nSPS) is 11.0. The summed E-state index contributed by atoms with van der Waals surface area (Å²) in [7, 11) is 0. The number of hydrogen-bond donors (Lipinski definition) is 2. The lowest BCUT2D eigenvalue weighted by atomic mass is 10.2. The summed E-state index contributed by atoms with van der Waals surface area (Å²) >= 11 is 5.97. The highest BCUT2D eigenvalue weighted by atomic mass is 35.5. The van der Waals surface area contributed by atoms with Gasteiger partial charge in [-0.25, -0.2) is 4.79 Å². The van der Waals surface area contributed by atoms with Gasteiger partial charge in [0.15, 0.2) is 0 Å². The average Bonchev–Trinajstić information content (AvgIpc) is 2.47. The van der Waals surface area contributed by atoms with Crippen molar-refractivity contribution < 1.29 is 5.11 Å². The van der Waals surface area contributed by atoms with Crippen molar-refractivity contribution >= 4 is 22.5 Å². The molecule has 3 aromatic rings. The van der Waals surface area contributed by atoms with Gasteiger partial charge in [-0.15, -0.1) is 0 Å². The number of aromatic nitrogens is 2. The van der Waals surface area contributed by atoms with Crippen molar-refractivity contribution in [3.63, 3.8) is 0 Å². The molecule has 0 aliphatic rings. The molecule has 1 heterocycles. The van der Waals surface area contributed by atoms with E-state index in [2.05, 4.69) is 4.98 Å². The quantitative estimate of drug-likeness (QED) is 0.758. The fourth-order valence-corrected chi connectivity index (χ4v) is 2.43. The number of aliphatic hydroxyl groups excluding tert-OH is 1. The van der Waals surface area contributed by atoms with Gasteiger partial charge in [0.2, 0.25) is 0 Å². The molecule has 0 aliphatic carbocycles. The number of benzene rings is 2. The van der Waals surface area contributed by atoms with Crippen LogP contribution < -0.4 is 11.2 Å². The molecule has 6 heteroatoms. The van der Waals surface area contributed by atoms with Crippen LogP contribution in [0.15, 0.2) is 52.1 Å². The van der Waals surface area contributed by atoms with Crippen molar-refractivity contribution in [2.24, 2.45) is 0 Å². The second-order valence-electron chi connectivity index (χ2n) is 4.58. The van der Waals surface area contributed by atoms with Gasteiger partial charge in [-0.05, 0) is 35.9 Å². The SMILES string of the molecule is O=c1[nH]c(=O)n(-c2cccc(CO)c2)c2cc(Cl)ccc12. The monoisotopic (exact) mass is 302 g/mol. The number of H-pyrrole nitrogens is 1. The standard InChI is InChI=1S/C15H11ClN2O3/c16-10-4-5-12-13(7-10)18(15(21)17-14(12)20)11-3-1-2-9(6-11)8-19/h1-7,19H,8H2,(H,17,20,21). The van der Waals surface area contributed by atoms with Gasteiger partial charge in [0.25, 0.3) is 5.56 Å². The molecule has 2 N–H and O–H groups in total. The van der Waals surface area contributed by atoms with E-state index in [0.717, 1.165) is 0 Å². The van der Waals surface area contributed by atoms with Gasteiger partial charge in [-0.1, -0.05) is 23.7 Å². The first-order valence-electron chi connectivity index (χ1n) is 6.25. The topological polar surface area (TPSA) is 75.1 Å². The Morgan fingerprint density at radius 2 is 1.95 bits per heavy atom. The van der Waals surface area contributed by atoms with Crippen molar-refractivity contribution in [3.05, 3.63) is 73.9 Å². The highest BCUT2D eigenvalue weighted by Crippen LogP contribution is 2.19. The Morgan fingerprint density at radius 3 is 2.71 bits per heavy atom. The minimum Gasteiger partial charge on any atom is -0.392 e. The van der Waals surface area contributed by atoms with Crippen LogP contribution in [0.4, 0.5) is 0 Å². The number of hydrogen-bond acceptors (Lipinski definition) is 3. The number of aromatic amines is 1. The summed E-state index contributed by atoms with van der Waals surface area (Å²) in [5, 5.41) is 10.0. The molecule has 0 saturated carbocycles. The molecule has 1 aromatic heterocycles. The van der Waals surface area contributed by atoms with Crippen LogP contribution in [0.3, 0.4) is 0 Å². The average molecular weight is 303 g/mol. The van der Waals surface area contributed by atoms with Crippen LogP contribution in [0.25, 0.3) is 16.6 Å². The van der Waals surface area contributed by atoms with Crippen LogP contribution in [0.1, 0.15) is 5.56 Å². The molecule has 0 radical (unpaired) electrons. The van der Waals surface area contributed by atoms with Gasteiger partial charge in [-0.3, -0.25) is 14.3 Å². The molecule has 0 saturated heterocycles. The molecule has 2 aromatic carbocycles. The smallest absolute Gasteiger partial charge is 0.333 e. The fraction of sp³-hybridized carbons (Fsp3) is 0.0667. The Labute approximate surface area is 124 Å². The lowest BCUT2D eigenvalue weighted by Crippen LogP contribution is -2.29. The summed E-state index contributed by atoms with van der Waals surface area (Å²) in [6, 6.07) is 11.6. The van der Waals surface area contributed by atoms with Gasteiger partial charge in [0.05, 0.1) is 23.2 Å². The van der Waals surface area contributed by atoms with Gasteiger partial charge >= 0.3 is 5.69 Å². The first kappa shape index (κ1) is 13.6. The maximum Gasteiger partial charge on any atom is 0.333 e. The summed E-state index contributed by atoms with van der Waals surface area (Å²) in [6.45, 7) is -0.134. The summed E-state index contributed by atoms with van der Waals surface area (Å²) in [5.74, 6) is 0. The van der Waals surface area contributed by atoms with E-state index in [4.69, 9.17) is 11.6 Å². The molecule has 0 unspecified atom stereocenters. The van der Waals surface area contributed by atoms with Gasteiger partial charge in [-0.2, -0.15) is 0 Å². The van der Waals surface area contributed by atoms with Gasteiger partial charge in [0, 0.05) is 5.02 Å². The third-order valence-electron chi connectivity index (χ3n) is 3.22. The van der Waals surface area contributed by atoms with Crippen LogP contribution in [0.5, 0.6) is 0 Å². The first-order chi connectivity index (χ1) is 10.1. The number of nitrogens with zero attached hydrogens (tertiary/aromatic N) is 1. The highest BCUT2D eigenvalue weighted by molar-refractivity contribution is 6.31. The molecule has 0 bridgehead atoms. The van der Waals surface area contributed by atoms with Crippen LogP contribution >= 0.6 is 11.6 Å². The predicted molar refractivity (Wildman–Crippen MR) is 81.1 cm³/mol. The largest absolute Gasteiger partial charge is 0.392 e. The third-order valence-corrected chi connectivity index (χ3v) is 3.46. The summed E-state index contributed by atoms with van der Waals surface area (Å²) < 4.78 is 1.36. The van der Waals surface area contributed by atoms with Crippen LogP contribution in [0.2, 0.25) is 5.02 Å². The van der Waals surface area contributed by atoms with E-state index in [9.17, 15) is 14.7 Å². The number of rotatable bonds is 2. The number of fused-ring (bicyclic) bond motifs is 1. The van der Waals surface area contributed by atoms with Crippen molar-refractivity contribution in [2.75, 3.05) is 0 Å². The molecule has 0 fully saturated rings. The zero-order chi connectivity index (χ0) is 15.0. The van der Waals surface area contributed by atoms with Crippen LogP contribution in [-0.2, 0) is 6.61 Å². The van der Waals surface area contributed by atoms with E-state index in [0.29, 0.717) is 27.2 Å². The molecule has 106 valence electrons. The Morgan fingerprint density at radius 1 is 1.14 bits per heavy atom. The molecule has 3 rings (SSSR count). The van der Waals surface area contributed by atoms with E-state index in [1.54, 1.807) is 42.5 Å². The lowest BCUT2D eigenvalue weighted by Gasteiger charge is -2.10. The maximum absolute atomic E-state index is 12.2. The zero-order valence-corrected chi connectivity index (χ0v) is 11.6. The molecule has 0 aliphatic heterocycles. The lowest BCUT2D eigenvalue weighted by molar-refractivity contribution is 0.282. The van der Waals surface area contributed by atoms with Crippen molar-refractivity contribution in [1.82, 2.24) is 9.55 Å². The summed E-state index contributed by atoms with van der Waals surface area (Å²) in [4.78, 5) is 26.3. The van der Waals surface area contributed by atoms with Crippen LogP contribution in [-0.4, -0.2) is 14.7 Å². The molecule has 21 heavy (non-hydrogen) atoms. The molecule has 5 nitrogen and oxygen atoms in total. The highest BCUT2D eigenvalue weighted by Gasteiger charge is 2.10. The minimum atomic E-state index is -0.551. The van der Waals surface area contributed by atoms with E-state index in [-0.39, 0.29) is 6.61 Å². The second kappa shape index (κ2) is 5.20. The van der Waals surface area contributed by atoms with E-state index in [1.165, 1.54) is 4.57 Å². The summed E-state index contributed by atoms with van der Waals surface area (Å²) in [6.07, 6.45) is 0. The Hall–Kier alpha value is -2.37. The number of nitrogens with one attached hydrogen (secondary N) is 1. The van der Waals surface area contributed by atoms with Crippen molar-refractivity contribution in [2.45, 2.75) is 6.61 Å². The van der Waals surface area contributed by atoms with Crippen LogP contribution in [0, 0.1) is 0 Å². The molecular formula is C15H11ClN2O3. The van der Waals surface area contributed by atoms with Crippen molar-refractivity contribution in [3.8, 4) is 5.69 Å². The Kier molecular flexibility index (Phi) is 3.37. The van der Waals surface area contributed by atoms with E-state index < -0.39 is 11.2 Å². The maximum atomic E-state index is 12.2. The third kappa shape index (κ3) is 2.37. The van der Waals surface area contributed by atoms with E-state index >= 15 is 0 Å². The molecule has 0 amide bonds. The fourth-order valence-electron chi connectivity index (χ4n) is 2.26. The van der Waals surface area contributed by atoms with Gasteiger partial charge < -0.3 is 5.11 Å². The minimum absolute atomic E-state index is 0.134.